The first-order valence-electron chi connectivity index (χ1n) is 9.73. The predicted molar refractivity (Wildman–Crippen MR) is 114 cm³/mol. The van der Waals surface area contributed by atoms with Crippen LogP contribution in [0.2, 0.25) is 0 Å². The number of benzene rings is 2. The zero-order valence-electron chi connectivity index (χ0n) is 17.1. The van der Waals surface area contributed by atoms with E-state index >= 15 is 0 Å². The Balaban J connectivity index is 2.18. The Labute approximate surface area is 176 Å². The lowest BCUT2D eigenvalue weighted by atomic mass is 10.00. The fourth-order valence-electron chi connectivity index (χ4n) is 2.90. The number of carboxylic acids is 1. The number of amides is 1. The lowest BCUT2D eigenvalue weighted by Crippen LogP contribution is -2.29. The molecule has 2 aromatic carbocycles. The standard InChI is InChI=1S/C23H27NO6/c1-3-29-20(6-4-5-7-21(26)27)22(17-10-14-19(25)15-11-17)30-23(28)24-18-12-8-16(2)9-13-18/h5,7-15,20,22,25H,3-4,6H2,1-2H3,(H,24,28)(H,26,27)/b7-5+/t20-,22-/m1/s1. The number of phenolic OH excluding ortho intramolecular Hbond substituents is 1. The van der Waals surface area contributed by atoms with Crippen molar-refractivity contribution in [2.24, 2.45) is 0 Å². The van der Waals surface area contributed by atoms with E-state index in [0.29, 0.717) is 30.7 Å². The van der Waals surface area contributed by atoms with Crippen LogP contribution in [0.4, 0.5) is 10.5 Å². The second kappa shape index (κ2) is 11.6. The first kappa shape index (κ1) is 23.0. The molecule has 0 fully saturated rings. The zero-order chi connectivity index (χ0) is 21.9. The molecule has 0 radical (unpaired) electrons. The molecule has 0 heterocycles. The topological polar surface area (TPSA) is 105 Å². The van der Waals surface area contributed by atoms with Crippen molar-refractivity contribution in [1.29, 1.82) is 0 Å². The lowest BCUT2D eigenvalue weighted by Gasteiger charge is -2.27. The minimum Gasteiger partial charge on any atom is -0.508 e. The third kappa shape index (κ3) is 7.60. The highest BCUT2D eigenvalue weighted by atomic mass is 16.6. The summed E-state index contributed by atoms with van der Waals surface area (Å²) in [4.78, 5) is 23.2. The molecular formula is C23H27NO6. The second-order valence-corrected chi connectivity index (χ2v) is 6.72. The number of carboxylic acid groups (broad SMARTS) is 1. The van der Waals surface area contributed by atoms with Gasteiger partial charge in [-0.15, -0.1) is 0 Å². The molecule has 0 spiro atoms. The maximum atomic E-state index is 12.5. The molecular weight excluding hydrogens is 386 g/mol. The molecule has 30 heavy (non-hydrogen) atoms. The van der Waals surface area contributed by atoms with Crippen LogP contribution in [-0.4, -0.2) is 35.0 Å². The summed E-state index contributed by atoms with van der Waals surface area (Å²) < 4.78 is 11.5. The molecule has 160 valence electrons. The number of aryl methyl sites for hydroxylation is 1. The normalized spacial score (nSPS) is 13.0. The number of aliphatic carboxylic acids is 1. The van der Waals surface area contributed by atoms with Crippen molar-refractivity contribution in [1.82, 2.24) is 0 Å². The van der Waals surface area contributed by atoms with Gasteiger partial charge < -0.3 is 19.7 Å². The Bertz CT molecular complexity index is 845. The van der Waals surface area contributed by atoms with E-state index in [1.807, 2.05) is 26.0 Å². The third-order valence-electron chi connectivity index (χ3n) is 4.35. The Morgan fingerprint density at radius 2 is 1.77 bits per heavy atom. The fraction of sp³-hybridized carbons (Fsp3) is 0.304. The summed E-state index contributed by atoms with van der Waals surface area (Å²) in [7, 11) is 0. The molecule has 0 unspecified atom stereocenters. The highest BCUT2D eigenvalue weighted by Gasteiger charge is 2.27. The number of phenols is 1. The zero-order valence-corrected chi connectivity index (χ0v) is 17.1. The number of aromatic hydroxyl groups is 1. The summed E-state index contributed by atoms with van der Waals surface area (Å²) in [5, 5.41) is 21.0. The van der Waals surface area contributed by atoms with E-state index < -0.39 is 24.3 Å². The van der Waals surface area contributed by atoms with Crippen LogP contribution in [0, 0.1) is 6.92 Å². The van der Waals surface area contributed by atoms with Gasteiger partial charge in [0.05, 0.1) is 6.10 Å². The fourth-order valence-corrected chi connectivity index (χ4v) is 2.90. The molecule has 0 saturated heterocycles. The Hall–Kier alpha value is -3.32. The van der Waals surface area contributed by atoms with Crippen molar-refractivity contribution in [3.05, 3.63) is 71.8 Å². The second-order valence-electron chi connectivity index (χ2n) is 6.72. The van der Waals surface area contributed by atoms with Gasteiger partial charge in [-0.2, -0.15) is 0 Å². The number of carbonyl (C=O) groups excluding carboxylic acids is 1. The molecule has 0 aromatic heterocycles. The molecule has 2 rings (SSSR count). The summed E-state index contributed by atoms with van der Waals surface area (Å²) in [5.41, 5.74) is 2.33. The van der Waals surface area contributed by atoms with E-state index in [4.69, 9.17) is 14.6 Å². The first-order chi connectivity index (χ1) is 14.4. The van der Waals surface area contributed by atoms with Crippen molar-refractivity contribution in [3.63, 3.8) is 0 Å². The number of anilines is 1. The number of allylic oxidation sites excluding steroid dienone is 1. The number of hydrogen-bond donors (Lipinski definition) is 3. The number of ether oxygens (including phenoxy) is 2. The van der Waals surface area contributed by atoms with Crippen molar-refractivity contribution >= 4 is 17.7 Å². The van der Waals surface area contributed by atoms with Crippen LogP contribution in [0.5, 0.6) is 5.75 Å². The average molecular weight is 413 g/mol. The maximum Gasteiger partial charge on any atom is 0.412 e. The van der Waals surface area contributed by atoms with Crippen molar-refractivity contribution < 1.29 is 29.3 Å². The van der Waals surface area contributed by atoms with Crippen LogP contribution in [-0.2, 0) is 14.3 Å². The average Bonchev–Trinajstić information content (AvgIpc) is 2.71. The summed E-state index contributed by atoms with van der Waals surface area (Å²) in [6.07, 6.45) is 1.62. The lowest BCUT2D eigenvalue weighted by molar-refractivity contribution is -0.131. The highest BCUT2D eigenvalue weighted by molar-refractivity contribution is 5.84. The van der Waals surface area contributed by atoms with E-state index in [2.05, 4.69) is 5.32 Å². The molecule has 0 aliphatic rings. The van der Waals surface area contributed by atoms with Crippen molar-refractivity contribution in [3.8, 4) is 5.75 Å². The van der Waals surface area contributed by atoms with Crippen LogP contribution in [0.3, 0.4) is 0 Å². The van der Waals surface area contributed by atoms with Crippen LogP contribution >= 0.6 is 0 Å². The van der Waals surface area contributed by atoms with Gasteiger partial charge in [0.15, 0.2) is 6.10 Å². The summed E-state index contributed by atoms with van der Waals surface area (Å²) >= 11 is 0. The van der Waals surface area contributed by atoms with Gasteiger partial charge in [0.1, 0.15) is 5.75 Å². The summed E-state index contributed by atoms with van der Waals surface area (Å²) in [6, 6.07) is 13.7. The van der Waals surface area contributed by atoms with E-state index in [-0.39, 0.29) is 5.75 Å². The molecule has 2 atom stereocenters. The largest absolute Gasteiger partial charge is 0.508 e. The van der Waals surface area contributed by atoms with Crippen LogP contribution in [0.25, 0.3) is 0 Å². The van der Waals surface area contributed by atoms with E-state index in [1.165, 1.54) is 18.2 Å². The van der Waals surface area contributed by atoms with Crippen molar-refractivity contribution in [2.45, 2.75) is 38.9 Å². The molecule has 0 aliphatic carbocycles. The molecule has 2 aromatic rings. The van der Waals surface area contributed by atoms with Crippen LogP contribution < -0.4 is 5.32 Å². The third-order valence-corrected chi connectivity index (χ3v) is 4.35. The van der Waals surface area contributed by atoms with Gasteiger partial charge in [0.2, 0.25) is 0 Å². The Kier molecular flexibility index (Phi) is 8.90. The summed E-state index contributed by atoms with van der Waals surface area (Å²) in [5.74, 6) is -0.925. The van der Waals surface area contributed by atoms with Gasteiger partial charge in [0, 0.05) is 18.4 Å². The molecule has 7 nitrogen and oxygen atoms in total. The molecule has 0 saturated carbocycles. The monoisotopic (exact) mass is 413 g/mol. The molecule has 3 N–H and O–H groups in total. The van der Waals surface area contributed by atoms with Gasteiger partial charge in [-0.25, -0.2) is 9.59 Å². The number of nitrogens with one attached hydrogen (secondary N) is 1. The van der Waals surface area contributed by atoms with E-state index in [1.54, 1.807) is 24.3 Å². The quantitative estimate of drug-likeness (QED) is 0.483. The molecule has 7 heteroatoms. The van der Waals surface area contributed by atoms with Gasteiger partial charge in [0.25, 0.3) is 0 Å². The predicted octanol–water partition coefficient (Wildman–Crippen LogP) is 4.82. The minimum atomic E-state index is -1.02. The van der Waals surface area contributed by atoms with E-state index in [9.17, 15) is 14.7 Å². The highest BCUT2D eigenvalue weighted by Crippen LogP contribution is 2.29. The van der Waals surface area contributed by atoms with Gasteiger partial charge >= 0.3 is 12.1 Å². The minimum absolute atomic E-state index is 0.0963. The van der Waals surface area contributed by atoms with Gasteiger partial charge in [-0.1, -0.05) is 35.9 Å². The SMILES string of the molecule is CCO[C@H](CC/C=C/C(=O)O)[C@H](OC(=O)Nc1ccc(C)cc1)c1ccc(O)cc1. The smallest absolute Gasteiger partial charge is 0.412 e. The maximum absolute atomic E-state index is 12.5. The van der Waals surface area contributed by atoms with Crippen molar-refractivity contribution in [2.75, 3.05) is 11.9 Å². The number of hydrogen-bond acceptors (Lipinski definition) is 5. The Morgan fingerprint density at radius 3 is 2.37 bits per heavy atom. The molecule has 1 amide bonds. The molecule has 0 aliphatic heterocycles. The van der Waals surface area contributed by atoms with Gasteiger partial charge in [-0.3, -0.25) is 5.32 Å². The molecule has 0 bridgehead atoms. The number of rotatable bonds is 10. The van der Waals surface area contributed by atoms with Crippen LogP contribution in [0.1, 0.15) is 37.0 Å². The van der Waals surface area contributed by atoms with Crippen LogP contribution in [0.15, 0.2) is 60.7 Å². The summed E-state index contributed by atoms with van der Waals surface area (Å²) in [6.45, 7) is 4.18. The number of carbonyl (C=O) groups is 2. The van der Waals surface area contributed by atoms with Gasteiger partial charge in [-0.05, 0) is 56.5 Å². The Morgan fingerprint density at radius 1 is 1.10 bits per heavy atom. The van der Waals surface area contributed by atoms with E-state index in [0.717, 1.165) is 11.6 Å². The first-order valence-corrected chi connectivity index (χ1v) is 9.73.